The van der Waals surface area contributed by atoms with Gasteiger partial charge in [-0.1, -0.05) is 17.3 Å². The van der Waals surface area contributed by atoms with Crippen molar-refractivity contribution in [3.05, 3.63) is 80.3 Å². The molecular formula is C25H19N7O3S. The van der Waals surface area contributed by atoms with E-state index in [9.17, 15) is 9.59 Å². The van der Waals surface area contributed by atoms with Gasteiger partial charge in [0.2, 0.25) is 0 Å². The van der Waals surface area contributed by atoms with Crippen LogP contribution < -0.4 is 10.9 Å². The van der Waals surface area contributed by atoms with Crippen molar-refractivity contribution in [3.8, 4) is 16.9 Å². The van der Waals surface area contributed by atoms with Gasteiger partial charge in [0.1, 0.15) is 5.39 Å². The zero-order valence-electron chi connectivity index (χ0n) is 19.5. The Kier molecular flexibility index (Phi) is 5.00. The second-order valence-corrected chi connectivity index (χ2v) is 9.79. The minimum absolute atomic E-state index is 0.290. The van der Waals surface area contributed by atoms with Crippen LogP contribution in [0, 0.1) is 20.8 Å². The lowest BCUT2D eigenvalue weighted by Gasteiger charge is -2.12. The summed E-state index contributed by atoms with van der Waals surface area (Å²) >= 11 is 1.67. The number of aryl methyl sites for hydroxylation is 3. The van der Waals surface area contributed by atoms with Crippen LogP contribution in [-0.4, -0.2) is 35.8 Å². The topological polar surface area (TPSA) is 132 Å². The number of hydrogen-bond acceptors (Lipinski definition) is 8. The smallest absolute Gasteiger partial charge is 0.261 e. The number of aromatic nitrogens is 6. The third-order valence-corrected chi connectivity index (χ3v) is 6.90. The van der Waals surface area contributed by atoms with Crippen LogP contribution >= 0.6 is 11.3 Å². The van der Waals surface area contributed by atoms with E-state index in [4.69, 9.17) is 4.52 Å². The normalized spacial score (nSPS) is 11.4. The van der Waals surface area contributed by atoms with Gasteiger partial charge in [-0.3, -0.25) is 9.59 Å². The van der Waals surface area contributed by atoms with Gasteiger partial charge in [0.25, 0.3) is 17.2 Å². The van der Waals surface area contributed by atoms with Crippen molar-refractivity contribution < 1.29 is 9.32 Å². The highest BCUT2D eigenvalue weighted by Crippen LogP contribution is 2.33. The Morgan fingerprint density at radius 3 is 2.81 bits per heavy atom. The molecule has 0 saturated carbocycles. The van der Waals surface area contributed by atoms with E-state index in [1.165, 1.54) is 17.2 Å². The average molecular weight is 498 g/mol. The maximum Gasteiger partial charge on any atom is 0.261 e. The quantitative estimate of drug-likeness (QED) is 0.365. The van der Waals surface area contributed by atoms with Crippen LogP contribution in [0.15, 0.2) is 58.2 Å². The molecule has 0 spiro atoms. The largest absolute Gasteiger partial charge is 0.335 e. The fourth-order valence-corrected chi connectivity index (χ4v) is 5.22. The Labute approximate surface area is 207 Å². The summed E-state index contributed by atoms with van der Waals surface area (Å²) in [4.78, 5) is 39.5. The molecule has 10 nitrogen and oxygen atoms in total. The van der Waals surface area contributed by atoms with Crippen LogP contribution in [0.2, 0.25) is 0 Å². The first kappa shape index (κ1) is 21.9. The molecule has 5 aromatic heterocycles. The molecule has 5 heterocycles. The molecule has 6 aromatic rings. The van der Waals surface area contributed by atoms with Crippen molar-refractivity contribution in [2.75, 3.05) is 5.32 Å². The minimum atomic E-state index is -0.353. The van der Waals surface area contributed by atoms with Crippen LogP contribution in [0.4, 0.5) is 5.69 Å². The fraction of sp³-hybridized carbons (Fsp3) is 0.120. The van der Waals surface area contributed by atoms with Crippen molar-refractivity contribution in [3.63, 3.8) is 0 Å². The predicted molar refractivity (Wildman–Crippen MR) is 137 cm³/mol. The molecular weight excluding hydrogens is 478 g/mol. The van der Waals surface area contributed by atoms with Gasteiger partial charge in [-0.05, 0) is 45.0 Å². The first-order valence-corrected chi connectivity index (χ1v) is 11.9. The average Bonchev–Trinajstić information content (AvgIpc) is 3.56. The first-order valence-electron chi connectivity index (χ1n) is 11.1. The first-order chi connectivity index (χ1) is 17.4. The number of hydrogen-bond donors (Lipinski definition) is 2. The molecule has 178 valence electrons. The Bertz CT molecular complexity index is 1860. The SMILES string of the molecule is Cc1cc(-c2cc(C(=O)Nc3ccccc3-n3ncc4c(=O)[nH]cnc43)c3c(C)noc3n2)c(C)s1. The van der Waals surface area contributed by atoms with E-state index < -0.39 is 0 Å². The number of carbonyl (C=O) groups is 1. The molecule has 0 unspecified atom stereocenters. The number of fused-ring (bicyclic) bond motifs is 2. The minimum Gasteiger partial charge on any atom is -0.335 e. The Hall–Kier alpha value is -4.64. The molecule has 6 rings (SSSR count). The van der Waals surface area contributed by atoms with E-state index in [2.05, 4.69) is 30.5 Å². The predicted octanol–water partition coefficient (Wildman–Crippen LogP) is 4.55. The molecule has 36 heavy (non-hydrogen) atoms. The third-order valence-electron chi connectivity index (χ3n) is 5.93. The van der Waals surface area contributed by atoms with Crippen LogP contribution in [-0.2, 0) is 0 Å². The van der Waals surface area contributed by atoms with E-state index in [1.807, 2.05) is 26.0 Å². The molecule has 1 amide bonds. The molecule has 0 atom stereocenters. The standard InChI is InChI=1S/C25H19N7O3S/c1-12-8-15(14(3)36-12)19-9-16(21-13(2)31-35-25(21)30-19)24(34)29-18-6-4-5-7-20(18)32-22-17(10-28-32)23(33)27-11-26-22/h4-11H,1-3H3,(H,29,34)(H,26,27,33). The molecule has 0 aliphatic rings. The van der Waals surface area contributed by atoms with E-state index in [0.717, 1.165) is 15.3 Å². The summed E-state index contributed by atoms with van der Waals surface area (Å²) in [5.41, 5.74) is 4.01. The molecule has 0 fully saturated rings. The second-order valence-electron chi connectivity index (χ2n) is 8.33. The number of aromatic amines is 1. The molecule has 0 saturated heterocycles. The lowest BCUT2D eigenvalue weighted by atomic mass is 10.1. The number of nitrogens with zero attached hydrogens (tertiary/aromatic N) is 5. The van der Waals surface area contributed by atoms with Crippen molar-refractivity contribution in [2.24, 2.45) is 0 Å². The third kappa shape index (κ3) is 3.48. The van der Waals surface area contributed by atoms with Crippen molar-refractivity contribution in [1.82, 2.24) is 29.9 Å². The van der Waals surface area contributed by atoms with E-state index in [0.29, 0.717) is 50.5 Å². The Balaban J connectivity index is 1.46. The Morgan fingerprint density at radius 2 is 2.00 bits per heavy atom. The number of H-pyrrole nitrogens is 1. The monoisotopic (exact) mass is 497 g/mol. The van der Waals surface area contributed by atoms with E-state index >= 15 is 0 Å². The summed E-state index contributed by atoms with van der Waals surface area (Å²) in [6.07, 6.45) is 2.77. The molecule has 0 radical (unpaired) electrons. The van der Waals surface area contributed by atoms with E-state index in [-0.39, 0.29) is 11.5 Å². The van der Waals surface area contributed by atoms with Crippen molar-refractivity contribution in [2.45, 2.75) is 20.8 Å². The van der Waals surface area contributed by atoms with Crippen molar-refractivity contribution in [1.29, 1.82) is 0 Å². The molecule has 0 aliphatic carbocycles. The van der Waals surface area contributed by atoms with Crippen LogP contribution in [0.1, 0.15) is 25.8 Å². The fourth-order valence-electron chi connectivity index (χ4n) is 4.28. The summed E-state index contributed by atoms with van der Waals surface area (Å²) < 4.78 is 6.97. The molecule has 0 bridgehead atoms. The zero-order chi connectivity index (χ0) is 25.0. The van der Waals surface area contributed by atoms with Gasteiger partial charge in [-0.25, -0.2) is 14.6 Å². The summed E-state index contributed by atoms with van der Waals surface area (Å²) in [5.74, 6) is -0.353. The summed E-state index contributed by atoms with van der Waals surface area (Å²) in [6, 6.07) is 11.0. The highest BCUT2D eigenvalue weighted by Gasteiger charge is 2.22. The lowest BCUT2D eigenvalue weighted by molar-refractivity contribution is 0.102. The number of benzene rings is 1. The highest BCUT2D eigenvalue weighted by atomic mass is 32.1. The number of carbonyl (C=O) groups excluding carboxylic acids is 1. The summed E-state index contributed by atoms with van der Waals surface area (Å²) in [5, 5.41) is 12.3. The van der Waals surface area contributed by atoms with Gasteiger partial charge in [0, 0.05) is 15.3 Å². The maximum absolute atomic E-state index is 13.7. The molecule has 2 N–H and O–H groups in total. The second kappa shape index (κ2) is 8.24. The molecule has 1 aromatic carbocycles. The van der Waals surface area contributed by atoms with Crippen molar-refractivity contribution >= 4 is 45.1 Å². The van der Waals surface area contributed by atoms with Gasteiger partial charge in [0.15, 0.2) is 5.65 Å². The van der Waals surface area contributed by atoms with Crippen LogP contribution in [0.25, 0.3) is 39.1 Å². The number of nitrogens with one attached hydrogen (secondary N) is 2. The molecule has 0 aliphatic heterocycles. The van der Waals surface area contributed by atoms with Gasteiger partial charge >= 0.3 is 0 Å². The maximum atomic E-state index is 13.7. The van der Waals surface area contributed by atoms with Gasteiger partial charge in [-0.2, -0.15) is 5.10 Å². The number of pyridine rings is 1. The number of amides is 1. The zero-order valence-corrected chi connectivity index (χ0v) is 20.3. The lowest BCUT2D eigenvalue weighted by Crippen LogP contribution is -2.15. The van der Waals surface area contributed by atoms with Crippen LogP contribution in [0.5, 0.6) is 0 Å². The van der Waals surface area contributed by atoms with Gasteiger partial charge < -0.3 is 14.8 Å². The summed E-state index contributed by atoms with van der Waals surface area (Å²) in [7, 11) is 0. The highest BCUT2D eigenvalue weighted by molar-refractivity contribution is 7.12. The number of anilines is 1. The number of para-hydroxylation sites is 2. The van der Waals surface area contributed by atoms with Gasteiger partial charge in [0.05, 0.1) is 46.2 Å². The Morgan fingerprint density at radius 1 is 1.17 bits per heavy atom. The molecule has 11 heteroatoms. The number of thiophene rings is 1. The van der Waals surface area contributed by atoms with Crippen LogP contribution in [0.3, 0.4) is 0 Å². The summed E-state index contributed by atoms with van der Waals surface area (Å²) in [6.45, 7) is 5.83. The van der Waals surface area contributed by atoms with E-state index in [1.54, 1.807) is 42.5 Å². The van der Waals surface area contributed by atoms with Gasteiger partial charge in [-0.15, -0.1) is 11.3 Å². The number of rotatable bonds is 4.